The quantitative estimate of drug-likeness (QED) is 0.720. The van der Waals surface area contributed by atoms with E-state index in [1.165, 1.54) is 4.90 Å². The van der Waals surface area contributed by atoms with Crippen LogP contribution in [0.5, 0.6) is 0 Å². The molecule has 0 aliphatic carbocycles. The Labute approximate surface area is 124 Å². The van der Waals surface area contributed by atoms with Crippen LogP contribution in [0.3, 0.4) is 0 Å². The molecule has 0 aliphatic heterocycles. The number of hydrogen-bond acceptors (Lipinski definition) is 3. The van der Waals surface area contributed by atoms with E-state index in [0.29, 0.717) is 5.58 Å². The van der Waals surface area contributed by atoms with Gasteiger partial charge in [-0.25, -0.2) is 4.79 Å². The van der Waals surface area contributed by atoms with E-state index in [1.807, 2.05) is 10.6 Å². The van der Waals surface area contributed by atoms with Crippen molar-refractivity contribution in [1.82, 2.24) is 4.57 Å². The lowest BCUT2D eigenvalue weighted by atomic mass is 10.1. The molecular weight excluding hydrogens is 270 g/mol. The van der Waals surface area contributed by atoms with Gasteiger partial charge in [-0.1, -0.05) is 26.7 Å². The molecule has 2 rings (SSSR count). The first-order valence-corrected chi connectivity index (χ1v) is 8.54. The topological polar surface area (TPSA) is 35.1 Å². The number of aromatic nitrogens is 1. The molecule has 1 aromatic heterocycles. The number of nitrogens with zero attached hydrogens (tertiary/aromatic N) is 1. The second-order valence-electron chi connectivity index (χ2n) is 5.26. The molecule has 0 amide bonds. The van der Waals surface area contributed by atoms with Gasteiger partial charge in [-0.05, 0) is 43.7 Å². The molecule has 0 spiro atoms. The van der Waals surface area contributed by atoms with Crippen molar-refractivity contribution in [2.75, 3.05) is 6.26 Å². The highest BCUT2D eigenvalue weighted by Crippen LogP contribution is 2.29. The van der Waals surface area contributed by atoms with Gasteiger partial charge in [0, 0.05) is 10.9 Å². The molecule has 2 aromatic rings. The van der Waals surface area contributed by atoms with Gasteiger partial charge in [-0.2, -0.15) is 0 Å². The molecule has 0 fully saturated rings. The minimum atomic E-state index is -0.218. The van der Waals surface area contributed by atoms with Crippen molar-refractivity contribution in [2.45, 2.75) is 57.4 Å². The summed E-state index contributed by atoms with van der Waals surface area (Å²) < 4.78 is 7.31. The molecular formula is C16H23NO2S. The van der Waals surface area contributed by atoms with E-state index in [4.69, 9.17) is 4.42 Å². The minimum absolute atomic E-state index is 0.218. The molecule has 1 heterocycles. The van der Waals surface area contributed by atoms with Gasteiger partial charge >= 0.3 is 5.76 Å². The van der Waals surface area contributed by atoms with E-state index in [9.17, 15) is 4.79 Å². The number of rotatable bonds is 6. The summed E-state index contributed by atoms with van der Waals surface area (Å²) >= 11 is 1.71. The van der Waals surface area contributed by atoms with E-state index in [0.717, 1.165) is 36.8 Å². The lowest BCUT2D eigenvalue weighted by Crippen LogP contribution is -2.20. The third-order valence-electron chi connectivity index (χ3n) is 3.74. The number of benzene rings is 1. The maximum Gasteiger partial charge on any atom is 0.420 e. The summed E-state index contributed by atoms with van der Waals surface area (Å²) in [7, 11) is 0. The molecule has 110 valence electrons. The van der Waals surface area contributed by atoms with Gasteiger partial charge in [0.15, 0.2) is 5.58 Å². The Morgan fingerprint density at radius 1 is 1.25 bits per heavy atom. The predicted octanol–water partition coefficient (Wildman–Crippen LogP) is 4.77. The van der Waals surface area contributed by atoms with Gasteiger partial charge in [0.2, 0.25) is 0 Å². The zero-order valence-electron chi connectivity index (χ0n) is 12.7. The molecule has 0 aliphatic rings. The highest BCUT2D eigenvalue weighted by Gasteiger charge is 2.18. The lowest BCUT2D eigenvalue weighted by molar-refractivity contribution is 0.392. The molecule has 20 heavy (non-hydrogen) atoms. The first-order valence-electron chi connectivity index (χ1n) is 7.32. The van der Waals surface area contributed by atoms with Crippen molar-refractivity contribution >= 4 is 22.9 Å². The van der Waals surface area contributed by atoms with E-state index in [1.54, 1.807) is 11.8 Å². The van der Waals surface area contributed by atoms with E-state index < -0.39 is 0 Å². The Morgan fingerprint density at radius 3 is 2.45 bits per heavy atom. The van der Waals surface area contributed by atoms with Crippen molar-refractivity contribution < 1.29 is 4.42 Å². The summed E-state index contributed by atoms with van der Waals surface area (Å²) in [5, 5.41) is 0. The fourth-order valence-corrected chi connectivity index (χ4v) is 3.41. The average Bonchev–Trinajstić information content (AvgIpc) is 2.72. The summed E-state index contributed by atoms with van der Waals surface area (Å²) in [6.45, 7) is 6.37. The maximum absolute atomic E-state index is 12.2. The van der Waals surface area contributed by atoms with Crippen LogP contribution in [-0.4, -0.2) is 10.8 Å². The van der Waals surface area contributed by atoms with Gasteiger partial charge in [-0.3, -0.25) is 4.57 Å². The lowest BCUT2D eigenvalue weighted by Gasteiger charge is -2.16. The molecule has 0 bridgehead atoms. The van der Waals surface area contributed by atoms with Crippen LogP contribution in [0.25, 0.3) is 11.1 Å². The average molecular weight is 293 g/mol. The standard InChI is InChI=1S/C16H23NO2S/c1-5-7-12(8-6-2)17-13-10-15(20-4)11(3)9-14(13)19-16(17)18/h9-10,12H,5-8H2,1-4H3. The third-order valence-corrected chi connectivity index (χ3v) is 4.62. The highest BCUT2D eigenvalue weighted by molar-refractivity contribution is 7.98. The summed E-state index contributed by atoms with van der Waals surface area (Å²) in [5.74, 6) is -0.218. The Morgan fingerprint density at radius 2 is 1.90 bits per heavy atom. The van der Waals surface area contributed by atoms with Crippen molar-refractivity contribution in [1.29, 1.82) is 0 Å². The zero-order chi connectivity index (χ0) is 14.7. The van der Waals surface area contributed by atoms with Gasteiger partial charge in [0.05, 0.1) is 5.52 Å². The molecule has 0 atom stereocenters. The molecule has 0 unspecified atom stereocenters. The first-order chi connectivity index (χ1) is 9.62. The van der Waals surface area contributed by atoms with Gasteiger partial charge in [0.1, 0.15) is 0 Å². The minimum Gasteiger partial charge on any atom is -0.408 e. The van der Waals surface area contributed by atoms with Gasteiger partial charge in [0.25, 0.3) is 0 Å². The molecule has 0 N–H and O–H groups in total. The number of aryl methyl sites for hydroxylation is 1. The second kappa shape index (κ2) is 6.53. The number of thioether (sulfide) groups is 1. The summed E-state index contributed by atoms with van der Waals surface area (Å²) in [6, 6.07) is 4.32. The Balaban J connectivity index is 2.61. The van der Waals surface area contributed by atoms with Crippen LogP contribution in [0.1, 0.15) is 51.1 Å². The molecule has 0 radical (unpaired) electrons. The zero-order valence-corrected chi connectivity index (χ0v) is 13.5. The van der Waals surface area contributed by atoms with Gasteiger partial charge in [-0.15, -0.1) is 11.8 Å². The summed E-state index contributed by atoms with van der Waals surface area (Å²) in [6.07, 6.45) is 6.25. The number of oxazole rings is 1. The van der Waals surface area contributed by atoms with Crippen LogP contribution < -0.4 is 5.76 Å². The van der Waals surface area contributed by atoms with Crippen LogP contribution in [-0.2, 0) is 0 Å². The SMILES string of the molecule is CCCC(CCC)n1c(=O)oc2cc(C)c(SC)cc21. The fourth-order valence-electron chi connectivity index (χ4n) is 2.80. The molecule has 0 saturated carbocycles. The van der Waals surface area contributed by atoms with Crippen molar-refractivity contribution in [3.05, 3.63) is 28.2 Å². The predicted molar refractivity (Wildman–Crippen MR) is 85.8 cm³/mol. The van der Waals surface area contributed by atoms with Crippen molar-refractivity contribution in [3.8, 4) is 0 Å². The number of fused-ring (bicyclic) bond motifs is 1. The highest BCUT2D eigenvalue weighted by atomic mass is 32.2. The smallest absolute Gasteiger partial charge is 0.408 e. The van der Waals surface area contributed by atoms with E-state index >= 15 is 0 Å². The molecule has 4 heteroatoms. The van der Waals surface area contributed by atoms with Crippen LogP contribution in [0.2, 0.25) is 0 Å². The molecule has 0 saturated heterocycles. The monoisotopic (exact) mass is 293 g/mol. The van der Waals surface area contributed by atoms with Crippen LogP contribution >= 0.6 is 11.8 Å². The van der Waals surface area contributed by atoms with Crippen LogP contribution in [0.4, 0.5) is 0 Å². The fraction of sp³-hybridized carbons (Fsp3) is 0.562. The van der Waals surface area contributed by atoms with E-state index in [2.05, 4.69) is 33.1 Å². The normalized spacial score (nSPS) is 11.7. The van der Waals surface area contributed by atoms with E-state index in [-0.39, 0.29) is 11.8 Å². The summed E-state index contributed by atoms with van der Waals surface area (Å²) in [5.41, 5.74) is 2.81. The number of hydrogen-bond donors (Lipinski definition) is 0. The third kappa shape index (κ3) is 2.80. The molecule has 1 aromatic carbocycles. The van der Waals surface area contributed by atoms with Crippen LogP contribution in [0, 0.1) is 6.92 Å². The van der Waals surface area contributed by atoms with Crippen LogP contribution in [0.15, 0.2) is 26.2 Å². The summed E-state index contributed by atoms with van der Waals surface area (Å²) in [4.78, 5) is 13.4. The molecule has 3 nitrogen and oxygen atoms in total. The largest absolute Gasteiger partial charge is 0.420 e. The Kier molecular flexibility index (Phi) is 4.97. The van der Waals surface area contributed by atoms with Gasteiger partial charge < -0.3 is 4.42 Å². The Bertz CT molecular complexity index is 636. The van der Waals surface area contributed by atoms with Crippen molar-refractivity contribution in [3.63, 3.8) is 0 Å². The Hall–Kier alpha value is -1.16. The maximum atomic E-state index is 12.2. The van der Waals surface area contributed by atoms with Crippen molar-refractivity contribution in [2.24, 2.45) is 0 Å². The first kappa shape index (κ1) is 15.2. The second-order valence-corrected chi connectivity index (χ2v) is 6.11.